The third-order valence-corrected chi connectivity index (χ3v) is 15.2. The first kappa shape index (κ1) is 30.5. The molecule has 0 radical (unpaired) electrons. The maximum Gasteiger partial charge on any atom is 0.179 e. The molecule has 7 aromatic carbocycles. The molecule has 50 heavy (non-hydrogen) atoms. The Balaban J connectivity index is 1.22. The number of quaternary nitrogens is 1. The van der Waals surface area contributed by atoms with Crippen LogP contribution >= 0.6 is 0 Å². The number of nitrogens with zero attached hydrogens (tertiary/aromatic N) is 1. The highest BCUT2D eigenvalue weighted by Crippen LogP contribution is 2.32. The molecule has 8 aromatic rings. The highest BCUT2D eigenvalue weighted by Gasteiger charge is 2.42. The fraction of sp³-hybridized carbons (Fsp3) is 0.0667. The third kappa shape index (κ3) is 5.19. The van der Waals surface area contributed by atoms with Crippen LogP contribution in [0.3, 0.4) is 0 Å². The number of hydrogen-bond donors (Lipinski definition) is 3. The van der Waals surface area contributed by atoms with Crippen molar-refractivity contribution in [1.29, 1.82) is 0 Å². The fourth-order valence-corrected chi connectivity index (χ4v) is 13.0. The second-order valence-corrected chi connectivity index (χ2v) is 17.0. The van der Waals surface area contributed by atoms with Crippen molar-refractivity contribution in [2.75, 3.05) is 0 Å². The molecule has 4 nitrogen and oxygen atoms in total. The van der Waals surface area contributed by atoms with E-state index in [2.05, 4.69) is 215 Å². The topological polar surface area (TPSA) is 45.6 Å². The SMILES string of the molecule is c1ccc(C2NC(n3c4ccccc4c4ccccc43)NC(c3cccc([Si](c4ccccc4)(c4ccccc4)c4ccccc4)c3)[NH2+]2)cc1. The van der Waals surface area contributed by atoms with E-state index >= 15 is 0 Å². The first-order valence-electron chi connectivity index (χ1n) is 17.5. The molecule has 2 heterocycles. The van der Waals surface area contributed by atoms with E-state index in [1.165, 1.54) is 53.7 Å². The lowest BCUT2D eigenvalue weighted by atomic mass is 10.1. The van der Waals surface area contributed by atoms with Gasteiger partial charge in [0.25, 0.3) is 0 Å². The molecule has 3 atom stereocenters. The molecule has 1 fully saturated rings. The Bertz CT molecular complexity index is 2230. The number of benzene rings is 7. The molecule has 4 N–H and O–H groups in total. The molecular weight excluding hydrogens is 625 g/mol. The number of fused-ring (bicyclic) bond motifs is 3. The van der Waals surface area contributed by atoms with E-state index in [0.29, 0.717) is 0 Å². The van der Waals surface area contributed by atoms with Gasteiger partial charge in [0.2, 0.25) is 0 Å². The Kier molecular flexibility index (Phi) is 7.96. The molecule has 1 aliphatic heterocycles. The monoisotopic (exact) mass is 663 g/mol. The van der Waals surface area contributed by atoms with Gasteiger partial charge in [0.05, 0.1) is 11.0 Å². The maximum atomic E-state index is 4.07. The molecule has 3 unspecified atom stereocenters. The minimum atomic E-state index is -2.68. The van der Waals surface area contributed by atoms with Crippen LogP contribution in [-0.4, -0.2) is 12.6 Å². The van der Waals surface area contributed by atoms with Crippen LogP contribution in [0.4, 0.5) is 0 Å². The predicted octanol–water partition coefficient (Wildman–Crippen LogP) is 5.78. The normalized spacial score (nSPS) is 18.0. The standard InChI is InChI=1S/C45H38N4Si/c1-5-18-33(19-6-1)43-46-44(48-45(47-43)49-41-30-15-13-28-39(41)40-29-14-16-31-42(40)49)34-20-17-27-38(32-34)50(35-21-7-2-8-22-35,36-23-9-3-10-24-36)37-25-11-4-12-26-37/h1-32,43-48H/p+1. The summed E-state index contributed by atoms with van der Waals surface area (Å²) in [6.45, 7) is 0. The Hall–Kier alpha value is -5.56. The van der Waals surface area contributed by atoms with Crippen LogP contribution in [0.5, 0.6) is 0 Å². The lowest BCUT2D eigenvalue weighted by Gasteiger charge is -2.38. The summed E-state index contributed by atoms with van der Waals surface area (Å²) >= 11 is 0. The van der Waals surface area contributed by atoms with Crippen molar-refractivity contribution in [2.24, 2.45) is 0 Å². The minimum Gasteiger partial charge on any atom is -0.311 e. The van der Waals surface area contributed by atoms with Crippen LogP contribution in [0, 0.1) is 0 Å². The van der Waals surface area contributed by atoms with E-state index < -0.39 is 8.07 Å². The molecule has 0 bridgehead atoms. The van der Waals surface area contributed by atoms with Crippen LogP contribution in [0.15, 0.2) is 194 Å². The molecule has 0 saturated carbocycles. The molecule has 0 aliphatic carbocycles. The third-order valence-electron chi connectivity index (χ3n) is 10.4. The molecule has 5 heteroatoms. The van der Waals surface area contributed by atoms with Gasteiger partial charge in [-0.2, -0.15) is 0 Å². The van der Waals surface area contributed by atoms with Crippen molar-refractivity contribution in [2.45, 2.75) is 18.6 Å². The zero-order valence-electron chi connectivity index (χ0n) is 27.7. The molecule has 1 saturated heterocycles. The van der Waals surface area contributed by atoms with Gasteiger partial charge in [0.15, 0.2) is 20.4 Å². The largest absolute Gasteiger partial charge is 0.311 e. The van der Waals surface area contributed by atoms with Crippen molar-refractivity contribution in [1.82, 2.24) is 15.2 Å². The number of nitrogens with one attached hydrogen (secondary N) is 2. The Labute approximate surface area is 294 Å². The van der Waals surface area contributed by atoms with E-state index in [9.17, 15) is 0 Å². The first-order chi connectivity index (χ1) is 24.8. The van der Waals surface area contributed by atoms with Crippen LogP contribution in [-0.2, 0) is 0 Å². The summed E-state index contributed by atoms with van der Waals surface area (Å²) in [6.07, 6.45) is -0.126. The second kappa shape index (κ2) is 13.0. The summed E-state index contributed by atoms with van der Waals surface area (Å²) in [5, 5.41) is 18.5. The van der Waals surface area contributed by atoms with Gasteiger partial charge in [-0.15, -0.1) is 0 Å². The van der Waals surface area contributed by atoms with Gasteiger partial charge in [-0.25, -0.2) is 10.6 Å². The fourth-order valence-electron chi connectivity index (χ4n) is 8.18. The maximum absolute atomic E-state index is 4.07. The summed E-state index contributed by atoms with van der Waals surface area (Å²) in [4.78, 5) is 0. The van der Waals surface area contributed by atoms with Crippen molar-refractivity contribution in [3.8, 4) is 0 Å². The van der Waals surface area contributed by atoms with Crippen LogP contribution in [0.25, 0.3) is 21.8 Å². The molecule has 242 valence electrons. The molecule has 1 aromatic heterocycles. The highest BCUT2D eigenvalue weighted by atomic mass is 28.3. The van der Waals surface area contributed by atoms with Crippen molar-refractivity contribution in [3.05, 3.63) is 205 Å². The number of hydrogen-bond acceptors (Lipinski definition) is 2. The first-order valence-corrected chi connectivity index (χ1v) is 19.5. The predicted molar refractivity (Wildman–Crippen MR) is 209 cm³/mol. The Morgan fingerprint density at radius 2 is 0.800 bits per heavy atom. The summed E-state index contributed by atoms with van der Waals surface area (Å²) in [7, 11) is -2.68. The lowest BCUT2D eigenvalue weighted by molar-refractivity contribution is -0.756. The summed E-state index contributed by atoms with van der Waals surface area (Å²) in [5.74, 6) is 0. The second-order valence-electron chi connectivity index (χ2n) is 13.2. The molecule has 9 rings (SSSR count). The zero-order chi connectivity index (χ0) is 33.3. The van der Waals surface area contributed by atoms with E-state index in [1.807, 2.05) is 0 Å². The van der Waals surface area contributed by atoms with Gasteiger partial charge >= 0.3 is 0 Å². The minimum absolute atomic E-state index is 0.0136. The van der Waals surface area contributed by atoms with Gasteiger partial charge in [-0.3, -0.25) is 0 Å². The van der Waals surface area contributed by atoms with Gasteiger partial charge < -0.3 is 9.88 Å². The zero-order valence-corrected chi connectivity index (χ0v) is 28.7. The smallest absolute Gasteiger partial charge is 0.179 e. The van der Waals surface area contributed by atoms with E-state index in [-0.39, 0.29) is 18.6 Å². The van der Waals surface area contributed by atoms with Crippen LogP contribution in [0.1, 0.15) is 29.7 Å². The lowest BCUT2D eigenvalue weighted by Crippen LogP contribution is -2.95. The Morgan fingerprint density at radius 1 is 0.400 bits per heavy atom. The summed E-state index contributed by atoms with van der Waals surface area (Å²) in [5.41, 5.74) is 4.94. The van der Waals surface area contributed by atoms with E-state index in [0.717, 1.165) is 0 Å². The van der Waals surface area contributed by atoms with Crippen LogP contribution < -0.4 is 36.7 Å². The van der Waals surface area contributed by atoms with Crippen LogP contribution in [0.2, 0.25) is 0 Å². The highest BCUT2D eigenvalue weighted by molar-refractivity contribution is 7.19. The molecule has 1 aliphatic rings. The van der Waals surface area contributed by atoms with E-state index in [4.69, 9.17) is 0 Å². The number of rotatable bonds is 7. The summed E-state index contributed by atoms with van der Waals surface area (Å²) in [6, 6.07) is 71.3. The van der Waals surface area contributed by atoms with Crippen molar-refractivity contribution in [3.63, 3.8) is 0 Å². The van der Waals surface area contributed by atoms with Crippen molar-refractivity contribution < 1.29 is 5.32 Å². The number of para-hydroxylation sites is 2. The van der Waals surface area contributed by atoms with Gasteiger partial charge in [0, 0.05) is 21.9 Å². The van der Waals surface area contributed by atoms with Gasteiger partial charge in [-0.1, -0.05) is 182 Å². The van der Waals surface area contributed by atoms with Crippen molar-refractivity contribution >= 4 is 50.6 Å². The van der Waals surface area contributed by atoms with E-state index in [1.54, 1.807) is 0 Å². The average molecular weight is 664 g/mol. The Morgan fingerprint density at radius 3 is 1.32 bits per heavy atom. The molecular formula is C45H39N4Si+. The number of aromatic nitrogens is 1. The molecule has 0 amide bonds. The van der Waals surface area contributed by atoms with Gasteiger partial charge in [0.1, 0.15) is 6.29 Å². The molecule has 0 spiro atoms. The average Bonchev–Trinajstić information content (AvgIpc) is 3.54. The summed E-state index contributed by atoms with van der Waals surface area (Å²) < 4.78 is 2.45. The van der Waals surface area contributed by atoms with Gasteiger partial charge in [-0.05, 0) is 32.9 Å². The number of nitrogens with two attached hydrogens (primary N) is 1. The quantitative estimate of drug-likeness (QED) is 0.150.